The van der Waals surface area contributed by atoms with Crippen LogP contribution in [0.3, 0.4) is 0 Å². The molecule has 1 aliphatic heterocycles. The second-order valence-corrected chi connectivity index (χ2v) is 8.11. The Labute approximate surface area is 193 Å². The largest absolute Gasteiger partial charge is 0.496 e. The zero-order chi connectivity index (χ0) is 23.8. The van der Waals surface area contributed by atoms with Crippen LogP contribution in [0.1, 0.15) is 28.0 Å². The number of aromatic nitrogens is 4. The number of benzene rings is 1. The molecule has 0 aliphatic carbocycles. The zero-order valence-electron chi connectivity index (χ0n) is 18.8. The van der Waals surface area contributed by atoms with Crippen LogP contribution in [-0.4, -0.2) is 57.6 Å². The van der Waals surface area contributed by atoms with Gasteiger partial charge >= 0.3 is 0 Å². The normalized spacial score (nSPS) is 14.4. The number of hydrogen-bond donors (Lipinski definition) is 2. The highest BCUT2D eigenvalue weighted by Gasteiger charge is 2.18. The molecule has 1 aromatic carbocycles. The first-order valence-corrected chi connectivity index (χ1v) is 10.8. The molecule has 1 amide bonds. The summed E-state index contributed by atoms with van der Waals surface area (Å²) in [5, 5.41) is 6.57. The monoisotopic (exact) mass is 462 g/mol. The van der Waals surface area contributed by atoms with Crippen molar-refractivity contribution in [2.45, 2.75) is 13.0 Å². The van der Waals surface area contributed by atoms with Crippen LogP contribution in [0.2, 0.25) is 0 Å². The third-order valence-corrected chi connectivity index (χ3v) is 6.10. The fourth-order valence-corrected chi connectivity index (χ4v) is 4.30. The highest BCUT2D eigenvalue weighted by Crippen LogP contribution is 2.28. The number of nitrogens with one attached hydrogen (secondary N) is 2. The molecule has 2 N–H and O–H groups in total. The van der Waals surface area contributed by atoms with Gasteiger partial charge in [-0.3, -0.25) is 19.5 Å². The van der Waals surface area contributed by atoms with E-state index in [2.05, 4.69) is 31.4 Å². The number of fused-ring (bicyclic) bond motifs is 3. The molecule has 0 saturated heterocycles. The molecule has 9 nitrogen and oxygen atoms in total. The number of hydrogen-bond acceptors (Lipinski definition) is 6. The number of nitrogens with zero attached hydrogens (tertiary/aromatic N) is 4. The standard InChI is InChI=1S/C24H23FN6O3/c1-26-23(32)18-4-3-15(11-27-18)14-5-7-30(8-6-14)13-16-9-19-20(10-21(16)34-2)31-22(24(33)29-19)17(25)12-28-31/h3-5,9-12H,6-8,13H2,1-2H3,(H,26,32)(H,29,33). The van der Waals surface area contributed by atoms with Crippen LogP contribution in [0.5, 0.6) is 5.75 Å². The Hall–Kier alpha value is -4.05. The third kappa shape index (κ3) is 3.81. The molecule has 4 heterocycles. The summed E-state index contributed by atoms with van der Waals surface area (Å²) in [6, 6.07) is 7.27. The molecule has 4 aromatic rings. The third-order valence-electron chi connectivity index (χ3n) is 6.10. The molecule has 0 spiro atoms. The van der Waals surface area contributed by atoms with Crippen molar-refractivity contribution in [2.75, 3.05) is 27.2 Å². The predicted molar refractivity (Wildman–Crippen MR) is 125 cm³/mol. The number of halogens is 1. The van der Waals surface area contributed by atoms with Gasteiger partial charge in [0.05, 0.1) is 24.3 Å². The first kappa shape index (κ1) is 21.8. The summed E-state index contributed by atoms with van der Waals surface area (Å²) < 4.78 is 20.9. The minimum atomic E-state index is -0.666. The van der Waals surface area contributed by atoms with E-state index in [1.54, 1.807) is 32.5 Å². The van der Waals surface area contributed by atoms with E-state index in [-0.39, 0.29) is 11.4 Å². The number of H-pyrrole nitrogens is 1. The first-order chi connectivity index (χ1) is 16.5. The Morgan fingerprint density at radius 1 is 1.29 bits per heavy atom. The summed E-state index contributed by atoms with van der Waals surface area (Å²) in [6.07, 6.45) is 5.75. The second-order valence-electron chi connectivity index (χ2n) is 8.11. The van der Waals surface area contributed by atoms with Crippen LogP contribution in [0.4, 0.5) is 4.39 Å². The molecule has 34 heavy (non-hydrogen) atoms. The van der Waals surface area contributed by atoms with Crippen molar-refractivity contribution >= 4 is 28.0 Å². The van der Waals surface area contributed by atoms with Crippen molar-refractivity contribution < 1.29 is 13.9 Å². The molecule has 0 unspecified atom stereocenters. The molecule has 0 bridgehead atoms. The van der Waals surface area contributed by atoms with Gasteiger partial charge in [0.1, 0.15) is 11.4 Å². The molecule has 0 atom stereocenters. The lowest BCUT2D eigenvalue weighted by Gasteiger charge is -2.27. The minimum Gasteiger partial charge on any atom is -0.496 e. The van der Waals surface area contributed by atoms with Gasteiger partial charge in [0.15, 0.2) is 11.3 Å². The lowest BCUT2D eigenvalue weighted by molar-refractivity contribution is 0.0958. The molecule has 0 radical (unpaired) electrons. The predicted octanol–water partition coefficient (Wildman–Crippen LogP) is 2.37. The number of carbonyl (C=O) groups excluding carboxylic acids is 1. The van der Waals surface area contributed by atoms with Crippen LogP contribution < -0.4 is 15.6 Å². The molecular weight excluding hydrogens is 439 g/mol. The molecule has 3 aromatic heterocycles. The van der Waals surface area contributed by atoms with Gasteiger partial charge in [-0.1, -0.05) is 12.1 Å². The van der Waals surface area contributed by atoms with E-state index < -0.39 is 11.4 Å². The molecule has 5 rings (SSSR count). The number of pyridine rings is 1. The molecule has 0 fully saturated rings. The van der Waals surface area contributed by atoms with Gasteiger partial charge in [-0.15, -0.1) is 0 Å². The second kappa shape index (κ2) is 8.71. The Balaban J connectivity index is 1.38. The van der Waals surface area contributed by atoms with E-state index in [0.29, 0.717) is 29.0 Å². The van der Waals surface area contributed by atoms with Crippen molar-refractivity contribution in [1.29, 1.82) is 0 Å². The average molecular weight is 462 g/mol. The topological polar surface area (TPSA) is 105 Å². The molecule has 1 aliphatic rings. The van der Waals surface area contributed by atoms with E-state index in [1.165, 1.54) is 10.1 Å². The van der Waals surface area contributed by atoms with Gasteiger partial charge in [-0.05, 0) is 29.7 Å². The maximum Gasteiger partial charge on any atom is 0.277 e. The van der Waals surface area contributed by atoms with Gasteiger partial charge in [0, 0.05) is 44.5 Å². The van der Waals surface area contributed by atoms with Crippen LogP contribution in [0.15, 0.2) is 47.5 Å². The molecule has 0 saturated carbocycles. The minimum absolute atomic E-state index is 0.117. The number of ether oxygens (including phenoxy) is 1. The summed E-state index contributed by atoms with van der Waals surface area (Å²) in [4.78, 5) is 33.3. The zero-order valence-corrected chi connectivity index (χ0v) is 18.8. The van der Waals surface area contributed by atoms with E-state index in [9.17, 15) is 14.0 Å². The Morgan fingerprint density at radius 3 is 2.82 bits per heavy atom. The van der Waals surface area contributed by atoms with E-state index >= 15 is 0 Å². The Morgan fingerprint density at radius 2 is 2.15 bits per heavy atom. The summed E-state index contributed by atoms with van der Waals surface area (Å²) in [7, 11) is 3.16. The van der Waals surface area contributed by atoms with Crippen LogP contribution in [0, 0.1) is 5.82 Å². The van der Waals surface area contributed by atoms with Gasteiger partial charge in [0.25, 0.3) is 11.5 Å². The smallest absolute Gasteiger partial charge is 0.277 e. The average Bonchev–Trinajstić information content (AvgIpc) is 3.26. The van der Waals surface area contributed by atoms with Crippen molar-refractivity contribution in [2.24, 2.45) is 0 Å². The van der Waals surface area contributed by atoms with Crippen LogP contribution in [-0.2, 0) is 6.54 Å². The highest BCUT2D eigenvalue weighted by molar-refractivity contribution is 5.92. The lowest BCUT2D eigenvalue weighted by Crippen LogP contribution is -2.28. The van der Waals surface area contributed by atoms with Crippen molar-refractivity contribution in [3.05, 3.63) is 75.7 Å². The molecule has 174 valence electrons. The first-order valence-electron chi connectivity index (χ1n) is 10.8. The van der Waals surface area contributed by atoms with Gasteiger partial charge in [-0.2, -0.15) is 5.10 Å². The number of amides is 1. The summed E-state index contributed by atoms with van der Waals surface area (Å²) in [5.74, 6) is -0.236. The Kier molecular flexibility index (Phi) is 5.58. The quantitative estimate of drug-likeness (QED) is 0.472. The van der Waals surface area contributed by atoms with Crippen molar-refractivity contribution in [3.8, 4) is 5.75 Å². The number of rotatable bonds is 5. The Bertz CT molecular complexity index is 1490. The number of aromatic amines is 1. The van der Waals surface area contributed by atoms with E-state index in [1.807, 2.05) is 12.1 Å². The van der Waals surface area contributed by atoms with Crippen LogP contribution in [0.25, 0.3) is 22.1 Å². The highest BCUT2D eigenvalue weighted by atomic mass is 19.1. The molecular formula is C24H23FN6O3. The van der Waals surface area contributed by atoms with Gasteiger partial charge < -0.3 is 15.0 Å². The fraction of sp³-hybridized carbons (Fsp3) is 0.250. The SMILES string of the molecule is CNC(=O)c1ccc(C2=CCN(Cc3cc4[nH]c(=O)c5c(F)cnn5c4cc3OC)CC2)cn1. The van der Waals surface area contributed by atoms with Crippen molar-refractivity contribution in [3.63, 3.8) is 0 Å². The summed E-state index contributed by atoms with van der Waals surface area (Å²) in [5.41, 5.74) is 3.97. The summed E-state index contributed by atoms with van der Waals surface area (Å²) >= 11 is 0. The van der Waals surface area contributed by atoms with Gasteiger partial charge in [0.2, 0.25) is 0 Å². The maximum atomic E-state index is 14.0. The molecule has 10 heteroatoms. The number of carbonyl (C=O) groups is 1. The van der Waals surface area contributed by atoms with Crippen molar-refractivity contribution in [1.82, 2.24) is 29.8 Å². The van der Waals surface area contributed by atoms with Crippen LogP contribution >= 0.6 is 0 Å². The lowest BCUT2D eigenvalue weighted by atomic mass is 10.00. The van der Waals surface area contributed by atoms with Gasteiger partial charge in [-0.25, -0.2) is 8.91 Å². The fourth-order valence-electron chi connectivity index (χ4n) is 4.30. The van der Waals surface area contributed by atoms with E-state index in [4.69, 9.17) is 4.74 Å². The van der Waals surface area contributed by atoms with E-state index in [0.717, 1.165) is 36.8 Å². The summed E-state index contributed by atoms with van der Waals surface area (Å²) in [6.45, 7) is 2.17. The maximum absolute atomic E-state index is 14.0. The number of methoxy groups -OCH3 is 1.